The molecule has 1 aliphatic carbocycles. The first-order valence-electron chi connectivity index (χ1n) is 6.86. The average molecular weight is 225 g/mol. The van der Waals surface area contributed by atoms with Gasteiger partial charge >= 0.3 is 0 Å². The summed E-state index contributed by atoms with van der Waals surface area (Å²) in [6, 6.07) is 0. The smallest absolute Gasteiger partial charge is 0.137 e. The van der Waals surface area contributed by atoms with E-state index >= 15 is 0 Å². The van der Waals surface area contributed by atoms with E-state index in [4.69, 9.17) is 5.73 Å². The van der Waals surface area contributed by atoms with Crippen molar-refractivity contribution in [1.29, 1.82) is 0 Å². The number of carbonyl (C=O) groups excluding carboxylic acids is 1. The lowest BCUT2D eigenvalue weighted by molar-refractivity contribution is -0.124. The highest BCUT2D eigenvalue weighted by molar-refractivity contribution is 5.81. The summed E-state index contributed by atoms with van der Waals surface area (Å²) in [4.78, 5) is 12.1. The van der Waals surface area contributed by atoms with Crippen LogP contribution in [0.4, 0.5) is 0 Å². The number of hydrogen-bond acceptors (Lipinski definition) is 2. The van der Waals surface area contributed by atoms with Crippen LogP contribution in [0.15, 0.2) is 0 Å². The predicted molar refractivity (Wildman–Crippen MR) is 68.2 cm³/mol. The van der Waals surface area contributed by atoms with Gasteiger partial charge in [0.2, 0.25) is 0 Å². The molecule has 16 heavy (non-hydrogen) atoms. The highest BCUT2D eigenvalue weighted by Crippen LogP contribution is 2.28. The molecule has 1 fully saturated rings. The molecule has 0 saturated heterocycles. The summed E-state index contributed by atoms with van der Waals surface area (Å²) in [5, 5.41) is 0. The first-order valence-corrected chi connectivity index (χ1v) is 6.86. The van der Waals surface area contributed by atoms with Gasteiger partial charge in [-0.25, -0.2) is 0 Å². The van der Waals surface area contributed by atoms with Gasteiger partial charge < -0.3 is 5.73 Å². The van der Waals surface area contributed by atoms with Gasteiger partial charge in [0.1, 0.15) is 5.78 Å². The Morgan fingerprint density at radius 2 is 1.88 bits per heavy atom. The van der Waals surface area contributed by atoms with E-state index in [0.717, 1.165) is 12.8 Å². The topological polar surface area (TPSA) is 43.1 Å². The maximum absolute atomic E-state index is 12.1. The fourth-order valence-corrected chi connectivity index (χ4v) is 2.77. The van der Waals surface area contributed by atoms with E-state index in [1.54, 1.807) is 0 Å². The van der Waals surface area contributed by atoms with Crippen LogP contribution in [0.3, 0.4) is 0 Å². The minimum atomic E-state index is 0.113. The van der Waals surface area contributed by atoms with Crippen LogP contribution in [-0.4, -0.2) is 12.3 Å². The van der Waals surface area contributed by atoms with E-state index in [0.29, 0.717) is 24.2 Å². The van der Waals surface area contributed by atoms with Crippen LogP contribution in [0.1, 0.15) is 58.8 Å². The van der Waals surface area contributed by atoms with E-state index in [9.17, 15) is 4.79 Å². The van der Waals surface area contributed by atoms with Crippen molar-refractivity contribution in [1.82, 2.24) is 0 Å². The minimum absolute atomic E-state index is 0.113. The molecular formula is C14H27NO. The van der Waals surface area contributed by atoms with Gasteiger partial charge in [-0.05, 0) is 18.3 Å². The second-order valence-corrected chi connectivity index (χ2v) is 5.74. The molecule has 0 aliphatic heterocycles. The van der Waals surface area contributed by atoms with Crippen molar-refractivity contribution in [3.8, 4) is 0 Å². The number of nitrogens with two attached hydrogens (primary N) is 1. The van der Waals surface area contributed by atoms with E-state index in [1.807, 2.05) is 0 Å². The zero-order valence-electron chi connectivity index (χ0n) is 10.9. The molecule has 0 spiro atoms. The SMILES string of the molecule is CC(C)CC(CN)C(=O)CC1CCCCC1. The van der Waals surface area contributed by atoms with E-state index in [2.05, 4.69) is 13.8 Å². The molecule has 1 unspecified atom stereocenters. The Kier molecular flexibility index (Phi) is 6.04. The van der Waals surface area contributed by atoms with Gasteiger partial charge in [-0.1, -0.05) is 46.0 Å². The van der Waals surface area contributed by atoms with Gasteiger partial charge in [0, 0.05) is 18.9 Å². The van der Waals surface area contributed by atoms with E-state index < -0.39 is 0 Å². The Hall–Kier alpha value is -0.370. The van der Waals surface area contributed by atoms with Gasteiger partial charge in [-0.2, -0.15) is 0 Å². The second kappa shape index (κ2) is 7.05. The fourth-order valence-electron chi connectivity index (χ4n) is 2.77. The minimum Gasteiger partial charge on any atom is -0.330 e. The van der Waals surface area contributed by atoms with E-state index in [1.165, 1.54) is 32.1 Å². The molecule has 1 atom stereocenters. The largest absolute Gasteiger partial charge is 0.330 e. The number of rotatable bonds is 6. The molecule has 1 aliphatic rings. The van der Waals surface area contributed by atoms with Crippen molar-refractivity contribution in [2.24, 2.45) is 23.5 Å². The Balaban J connectivity index is 2.35. The zero-order chi connectivity index (χ0) is 12.0. The first-order chi connectivity index (χ1) is 7.63. The molecule has 0 heterocycles. The van der Waals surface area contributed by atoms with Crippen molar-refractivity contribution >= 4 is 5.78 Å². The molecular weight excluding hydrogens is 198 g/mol. The van der Waals surface area contributed by atoms with Crippen LogP contribution in [0.5, 0.6) is 0 Å². The number of ketones is 1. The molecule has 94 valence electrons. The molecule has 0 radical (unpaired) electrons. The third-order valence-corrected chi connectivity index (χ3v) is 3.71. The predicted octanol–water partition coefficient (Wildman–Crippen LogP) is 3.15. The summed E-state index contributed by atoms with van der Waals surface area (Å²) >= 11 is 0. The maximum atomic E-state index is 12.1. The van der Waals surface area contributed by atoms with Crippen LogP contribution in [0, 0.1) is 17.8 Å². The molecule has 1 saturated carbocycles. The summed E-state index contributed by atoms with van der Waals surface area (Å²) < 4.78 is 0. The fraction of sp³-hybridized carbons (Fsp3) is 0.929. The Labute approximate surface area is 100.0 Å². The van der Waals surface area contributed by atoms with Gasteiger partial charge in [0.25, 0.3) is 0 Å². The highest BCUT2D eigenvalue weighted by atomic mass is 16.1. The van der Waals surface area contributed by atoms with Crippen LogP contribution in [-0.2, 0) is 4.79 Å². The Morgan fingerprint density at radius 1 is 1.25 bits per heavy atom. The van der Waals surface area contributed by atoms with Crippen molar-refractivity contribution in [3.05, 3.63) is 0 Å². The third-order valence-electron chi connectivity index (χ3n) is 3.71. The number of carbonyl (C=O) groups is 1. The lowest BCUT2D eigenvalue weighted by atomic mass is 9.82. The van der Waals surface area contributed by atoms with Gasteiger partial charge in [-0.3, -0.25) is 4.79 Å². The van der Waals surface area contributed by atoms with E-state index in [-0.39, 0.29) is 5.92 Å². The Morgan fingerprint density at radius 3 is 2.38 bits per heavy atom. The Bertz CT molecular complexity index is 207. The molecule has 2 heteroatoms. The first kappa shape index (κ1) is 13.7. The van der Waals surface area contributed by atoms with Gasteiger partial charge in [0.15, 0.2) is 0 Å². The lowest BCUT2D eigenvalue weighted by Gasteiger charge is -2.23. The average Bonchev–Trinajstić information content (AvgIpc) is 2.26. The van der Waals surface area contributed by atoms with Gasteiger partial charge in [0.05, 0.1) is 0 Å². The molecule has 0 bridgehead atoms. The molecule has 2 N–H and O–H groups in total. The third kappa shape index (κ3) is 4.65. The normalized spacial score (nSPS) is 20.0. The molecule has 0 aromatic carbocycles. The number of Topliss-reactive ketones (excluding diaryl/α,β-unsaturated/α-hetero) is 1. The molecule has 0 aromatic heterocycles. The second-order valence-electron chi connectivity index (χ2n) is 5.74. The summed E-state index contributed by atoms with van der Waals surface area (Å²) in [5.41, 5.74) is 5.71. The highest BCUT2D eigenvalue weighted by Gasteiger charge is 2.23. The van der Waals surface area contributed by atoms with Crippen LogP contribution in [0.25, 0.3) is 0 Å². The van der Waals surface area contributed by atoms with Crippen molar-refractivity contribution < 1.29 is 4.79 Å². The summed E-state index contributed by atoms with van der Waals surface area (Å²) in [7, 11) is 0. The monoisotopic (exact) mass is 225 g/mol. The zero-order valence-corrected chi connectivity index (χ0v) is 10.9. The molecule has 0 amide bonds. The lowest BCUT2D eigenvalue weighted by Crippen LogP contribution is -2.27. The van der Waals surface area contributed by atoms with Crippen LogP contribution in [0.2, 0.25) is 0 Å². The van der Waals surface area contributed by atoms with Gasteiger partial charge in [-0.15, -0.1) is 0 Å². The van der Waals surface area contributed by atoms with Crippen molar-refractivity contribution in [2.45, 2.75) is 58.8 Å². The molecule has 1 rings (SSSR count). The molecule has 0 aromatic rings. The summed E-state index contributed by atoms with van der Waals surface area (Å²) in [5.74, 6) is 1.76. The van der Waals surface area contributed by atoms with Crippen LogP contribution < -0.4 is 5.73 Å². The summed E-state index contributed by atoms with van der Waals surface area (Å²) in [6.45, 7) is 4.86. The van der Waals surface area contributed by atoms with Crippen LogP contribution >= 0.6 is 0 Å². The quantitative estimate of drug-likeness (QED) is 0.754. The maximum Gasteiger partial charge on any atom is 0.137 e. The standard InChI is InChI=1S/C14H27NO/c1-11(2)8-13(10-15)14(16)9-12-6-4-3-5-7-12/h11-13H,3-10,15H2,1-2H3. The molecule has 2 nitrogen and oxygen atoms in total. The van der Waals surface area contributed by atoms with Crippen molar-refractivity contribution in [3.63, 3.8) is 0 Å². The van der Waals surface area contributed by atoms with Crippen molar-refractivity contribution in [2.75, 3.05) is 6.54 Å². The number of hydrogen-bond donors (Lipinski definition) is 1. The summed E-state index contributed by atoms with van der Waals surface area (Å²) in [6.07, 6.45) is 8.24.